The highest BCUT2D eigenvalue weighted by Crippen LogP contribution is 2.49. The van der Waals surface area contributed by atoms with Crippen LogP contribution < -0.4 is 39.3 Å². The first-order chi connectivity index (χ1) is 58.5. The first-order valence-electron chi connectivity index (χ1n) is 46.2. The molecule has 6 saturated carbocycles. The number of carbonyl (C=O) groups excluding carboxylic acids is 2. The maximum Gasteiger partial charge on any atom is 0.416 e. The molecule has 8 aliphatic carbocycles. The van der Waals surface area contributed by atoms with E-state index >= 15 is 0 Å². The smallest absolute Gasteiger partial charge is 0.416 e. The number of piperazine rings is 5. The molecule has 5 aromatic carbocycles. The molecule has 660 valence electrons. The minimum atomic E-state index is -4.31. The van der Waals surface area contributed by atoms with Crippen LogP contribution in [0.15, 0.2) is 133 Å². The van der Waals surface area contributed by atoms with Gasteiger partial charge in [0.2, 0.25) is 10.0 Å². The first-order valence-corrected chi connectivity index (χ1v) is 48.5. The molecular weight excluding hydrogens is 1570 g/mol. The lowest BCUT2D eigenvalue weighted by Crippen LogP contribution is -2.53. The quantitative estimate of drug-likeness (QED) is 0.0802. The van der Waals surface area contributed by atoms with Gasteiger partial charge in [0.25, 0.3) is 5.91 Å². The van der Waals surface area contributed by atoms with Gasteiger partial charge in [0.15, 0.2) is 0 Å². The maximum atomic E-state index is 12.9. The number of amides is 2. The van der Waals surface area contributed by atoms with Crippen LogP contribution in [0.25, 0.3) is 0 Å². The van der Waals surface area contributed by atoms with E-state index in [0.29, 0.717) is 50.2 Å². The number of rotatable bonds is 18. The predicted octanol–water partition coefficient (Wildman–Crippen LogP) is 16.1. The van der Waals surface area contributed by atoms with E-state index in [9.17, 15) is 31.2 Å². The standard InChI is InChI=1S/C20H29ClN2O.C20H27N3O.C20H28N2.C19H26F3N3O2.C18H27N3O2S/c1-24-20-7-6-18(21)13-19(20)23-10-8-22(9-11-23)14-17-5-3-15-2-4-16(17)12-15;1-21-20(24)18-4-2-3-5-19(18)23-10-8-22(9-11-23)14-17-13-15-6-7-16(17)12-15;1-15-4-3-5-20(16(15)2)22-10-8-21(9-11-22)14-19-13-17-6-7-18(19)12-17;1-2-27-18(26)25-8-6-16(7-9-25)23-10-12-24(13-11-23)17-5-3-4-15(14-17)19(20,21)22;1-24(22,23)19-16-4-2-3-5-17(16)20-8-10-21(11-9-20)18-13-14-6-7-15(18)12-14/h6-7,13,15-17H,2-5,8-12,14H2,1H3;2-7,15-17H,8-14H2,1H3,(H,21,24);3-7,17-19H,8-14H2,1-2H3;3-5,14,16H,2,6-13H2,1H3;2-5,14-15,18-19H,6-13H2,1H3. The van der Waals surface area contributed by atoms with Gasteiger partial charge >= 0.3 is 12.3 Å². The molecular formula is C97H137ClF3N13O6S. The largest absolute Gasteiger partial charge is 0.495 e. The summed E-state index contributed by atoms with van der Waals surface area (Å²) in [7, 11) is 0.177. The van der Waals surface area contributed by atoms with E-state index in [1.165, 1.54) is 164 Å². The van der Waals surface area contributed by atoms with Gasteiger partial charge in [0.1, 0.15) is 5.75 Å². The highest BCUT2D eigenvalue weighted by atomic mass is 35.5. The fourth-order valence-corrected chi connectivity index (χ4v) is 24.1. The molecule has 6 saturated heterocycles. The number of fused-ring (bicyclic) bond motifs is 8. The van der Waals surface area contributed by atoms with Crippen molar-refractivity contribution >= 4 is 67.7 Å². The Kier molecular flexibility index (Phi) is 29.9. The summed E-state index contributed by atoms with van der Waals surface area (Å²) < 4.78 is 75.2. The lowest BCUT2D eigenvalue weighted by molar-refractivity contribution is -0.137. The van der Waals surface area contributed by atoms with Gasteiger partial charge in [0.05, 0.1) is 48.2 Å². The summed E-state index contributed by atoms with van der Waals surface area (Å²) in [5, 5.41) is 3.53. The molecule has 19 nitrogen and oxygen atoms in total. The number of aryl methyl sites for hydroxylation is 1. The van der Waals surface area contributed by atoms with Crippen molar-refractivity contribution in [3.8, 4) is 5.75 Å². The monoisotopic (exact) mass is 1700 g/mol. The Balaban J connectivity index is 0.000000118. The third kappa shape index (κ3) is 22.7. The number of para-hydroxylation sites is 3. The van der Waals surface area contributed by atoms with E-state index in [-0.39, 0.29) is 12.0 Å². The lowest BCUT2D eigenvalue weighted by atomic mass is 9.79. The number of methoxy groups -OCH3 is 1. The van der Waals surface area contributed by atoms with Gasteiger partial charge in [0, 0.05) is 205 Å². The van der Waals surface area contributed by atoms with Crippen molar-refractivity contribution in [1.29, 1.82) is 0 Å². The molecule has 14 aliphatic rings. The number of piperidine rings is 1. The predicted molar refractivity (Wildman–Crippen MR) is 486 cm³/mol. The Hall–Kier alpha value is -7.25. The van der Waals surface area contributed by atoms with Crippen LogP contribution in [0.5, 0.6) is 5.75 Å². The second kappa shape index (κ2) is 40.8. The average Bonchev–Trinajstić information content (AvgIpc) is 1.62. The molecule has 6 heterocycles. The van der Waals surface area contributed by atoms with Crippen LogP contribution in [0, 0.1) is 78.9 Å². The molecule has 19 rings (SSSR count). The van der Waals surface area contributed by atoms with Crippen molar-refractivity contribution in [1.82, 2.24) is 34.7 Å². The molecule has 121 heavy (non-hydrogen) atoms. The van der Waals surface area contributed by atoms with Crippen molar-refractivity contribution in [2.45, 2.75) is 135 Å². The third-order valence-corrected chi connectivity index (χ3v) is 30.9. The van der Waals surface area contributed by atoms with Crippen molar-refractivity contribution in [2.75, 3.05) is 220 Å². The van der Waals surface area contributed by atoms with E-state index in [1.807, 2.05) is 65.6 Å². The summed E-state index contributed by atoms with van der Waals surface area (Å²) in [6.45, 7) is 32.6. The number of hydrogen-bond acceptors (Lipinski definition) is 16. The van der Waals surface area contributed by atoms with Crippen molar-refractivity contribution in [3.63, 3.8) is 0 Å². The molecule has 24 heteroatoms. The Labute approximate surface area is 725 Å². The maximum absolute atomic E-state index is 12.9. The van der Waals surface area contributed by atoms with Gasteiger partial charge in [-0.15, -0.1) is 0 Å². The zero-order valence-electron chi connectivity index (χ0n) is 73.0. The van der Waals surface area contributed by atoms with E-state index in [1.54, 1.807) is 32.0 Å². The summed E-state index contributed by atoms with van der Waals surface area (Å²) in [5.41, 5.74) is 9.01. The fourth-order valence-electron chi connectivity index (χ4n) is 23.4. The number of halogens is 4. The number of nitrogens with zero attached hydrogens (tertiary/aromatic N) is 11. The fraction of sp³-hybridized carbons (Fsp3) is 0.629. The molecule has 2 N–H and O–H groups in total. The number of alkyl halides is 3. The normalized spacial score (nSPS) is 28.1. The van der Waals surface area contributed by atoms with Gasteiger partial charge in [-0.25, -0.2) is 13.2 Å². The van der Waals surface area contributed by atoms with Crippen LogP contribution in [0.1, 0.15) is 130 Å². The highest BCUT2D eigenvalue weighted by Gasteiger charge is 2.45. The molecule has 2 amide bonds. The van der Waals surface area contributed by atoms with Gasteiger partial charge in [-0.2, -0.15) is 13.2 Å². The van der Waals surface area contributed by atoms with Crippen LogP contribution in [0.2, 0.25) is 5.02 Å². The molecule has 0 radical (unpaired) electrons. The van der Waals surface area contributed by atoms with Crippen LogP contribution in [0.3, 0.4) is 0 Å². The second-order valence-corrected chi connectivity index (χ2v) is 39.7. The minimum absolute atomic E-state index is 0.00166. The van der Waals surface area contributed by atoms with Crippen LogP contribution >= 0.6 is 11.6 Å². The highest BCUT2D eigenvalue weighted by molar-refractivity contribution is 7.92. The Morgan fingerprint density at radius 3 is 1.60 bits per heavy atom. The number of carbonyl (C=O) groups is 2. The van der Waals surface area contributed by atoms with E-state index in [2.05, 4.69) is 117 Å². The topological polar surface area (TPSA) is 146 Å². The SMILES string of the molecule is CCOC(=O)N1CCC(N2CCN(c3cccc(C(F)(F)F)c3)CC2)CC1.CNC(=O)c1ccccc1N1CCN(CC2CC3C=CC2C3)CC1.COc1ccc(Cl)cc1N1CCN(CC2CCC3CCC2C3)CC1.CS(=O)(=O)Nc1ccccc1N1CCN(C2CC3CCC2C3)CC1.Cc1cccc(N2CCN(CC3CC4C=CC3C4)CC2)c1C. The number of hydrogen-bond donors (Lipinski definition) is 2. The van der Waals surface area contributed by atoms with Gasteiger partial charge in [-0.1, -0.05) is 97.6 Å². The molecule has 0 aromatic heterocycles. The van der Waals surface area contributed by atoms with E-state index in [0.717, 1.165) is 215 Å². The Morgan fingerprint density at radius 1 is 0.504 bits per heavy atom. The van der Waals surface area contributed by atoms with E-state index in [4.69, 9.17) is 21.1 Å². The first kappa shape index (κ1) is 88.6. The second-order valence-electron chi connectivity index (χ2n) is 37.5. The minimum Gasteiger partial charge on any atom is -0.495 e. The molecule has 12 atom stereocenters. The zero-order valence-corrected chi connectivity index (χ0v) is 74.6. The Morgan fingerprint density at radius 2 is 1.03 bits per heavy atom. The summed E-state index contributed by atoms with van der Waals surface area (Å²) in [4.78, 5) is 50.4. The lowest BCUT2D eigenvalue weighted by Gasteiger charge is -2.43. The number of sulfonamides is 1. The average molecular weight is 1710 g/mol. The summed E-state index contributed by atoms with van der Waals surface area (Å²) >= 11 is 6.19. The summed E-state index contributed by atoms with van der Waals surface area (Å²) in [6.07, 6.45) is 27.1. The van der Waals surface area contributed by atoms with Gasteiger partial charge in [-0.3, -0.25) is 34.0 Å². The number of nitrogens with one attached hydrogen (secondary N) is 2. The van der Waals surface area contributed by atoms with Crippen LogP contribution in [-0.2, 0) is 20.9 Å². The zero-order chi connectivity index (χ0) is 84.3. The van der Waals surface area contributed by atoms with Crippen LogP contribution in [-0.4, -0.2) is 253 Å². The number of anilines is 6. The van der Waals surface area contributed by atoms with Gasteiger partial charge in [-0.05, 0) is 241 Å². The molecule has 8 bridgehead atoms. The number of ether oxygens (including phenoxy) is 2. The molecule has 12 unspecified atom stereocenters. The molecule has 0 spiro atoms. The number of allylic oxidation sites excluding steroid dienone is 4. The van der Waals surface area contributed by atoms with Crippen molar-refractivity contribution < 1.29 is 40.7 Å². The summed E-state index contributed by atoms with van der Waals surface area (Å²) in [6, 6.07) is 35.1. The Bertz CT molecular complexity index is 4400. The van der Waals surface area contributed by atoms with Crippen molar-refractivity contribution in [3.05, 3.63) is 161 Å². The van der Waals surface area contributed by atoms with E-state index < -0.39 is 21.8 Å². The van der Waals surface area contributed by atoms with Crippen molar-refractivity contribution in [2.24, 2.45) is 65.1 Å². The molecule has 12 fully saturated rings. The number of benzene rings is 5. The number of likely N-dealkylation sites (tertiary alicyclic amines) is 1. The third-order valence-electron chi connectivity index (χ3n) is 30.1. The van der Waals surface area contributed by atoms with Crippen LogP contribution in [0.4, 0.5) is 52.1 Å². The van der Waals surface area contributed by atoms with Gasteiger partial charge < -0.3 is 44.2 Å². The molecule has 5 aromatic rings. The molecule has 6 aliphatic heterocycles. The summed E-state index contributed by atoms with van der Waals surface area (Å²) in [5.74, 6) is 11.2.